The summed E-state index contributed by atoms with van der Waals surface area (Å²) in [5.74, 6) is 0. The Balaban J connectivity index is -0.0000000238. The minimum absolute atomic E-state index is 0. The molecule has 0 aliphatic rings. The molecule has 0 N–H and O–H groups in total. The summed E-state index contributed by atoms with van der Waals surface area (Å²) >= 11 is 0. The predicted molar refractivity (Wildman–Crippen MR) is 66.9 cm³/mol. The number of hydrogen-bond donors (Lipinski definition) is 0. The summed E-state index contributed by atoms with van der Waals surface area (Å²) in [4.78, 5) is 31.0. The number of hydrogen-bond acceptors (Lipinski definition) is 4. The van der Waals surface area contributed by atoms with E-state index in [0.29, 0.717) is 0 Å². The summed E-state index contributed by atoms with van der Waals surface area (Å²) in [6.07, 6.45) is 4.37. The molecule has 0 spiro atoms. The minimum atomic E-state index is 0. The van der Waals surface area contributed by atoms with E-state index in [-0.39, 0.29) is 27.4 Å². The van der Waals surface area contributed by atoms with Gasteiger partial charge in [0, 0.05) is 0 Å². The molecular formula is C10H20O4PRu+. The van der Waals surface area contributed by atoms with Crippen molar-refractivity contribution in [3.63, 3.8) is 0 Å². The Bertz CT molecular complexity index is 71.7. The zero-order valence-corrected chi connectivity index (χ0v) is 12.7. The van der Waals surface area contributed by atoms with E-state index in [9.17, 15) is 0 Å². The van der Waals surface area contributed by atoms with Gasteiger partial charge in [-0.25, -0.2) is 0 Å². The van der Waals surface area contributed by atoms with E-state index in [0.717, 1.165) is 0 Å². The second-order valence-electron chi connectivity index (χ2n) is 1.81. The maximum absolute atomic E-state index is 7.75. The smallest absolute Gasteiger partial charge is 0.545 e. The summed E-state index contributed by atoms with van der Waals surface area (Å²) in [5, 5.41) is 0. The third kappa shape index (κ3) is 67.7. The number of carbonyl (C=O) groups excluding carboxylic acids is 4. The maximum atomic E-state index is 7.75. The first-order valence-corrected chi connectivity index (χ1v) is 6.25. The fourth-order valence-electron chi connectivity index (χ4n) is 0.750. The molecule has 0 aromatic carbocycles. The second-order valence-corrected chi connectivity index (χ2v) is 5.43. The van der Waals surface area contributed by atoms with E-state index in [1.807, 2.05) is 0 Å². The van der Waals surface area contributed by atoms with Crippen LogP contribution in [0.1, 0.15) is 20.8 Å². The first-order chi connectivity index (χ1) is 7.35. The summed E-state index contributed by atoms with van der Waals surface area (Å²) in [5.41, 5.74) is 0. The topological polar surface area (TPSA) is 68.3 Å². The van der Waals surface area contributed by atoms with Crippen molar-refractivity contribution in [1.29, 1.82) is 0 Å². The van der Waals surface area contributed by atoms with Gasteiger partial charge in [0.1, 0.15) is 0 Å². The molecule has 96 valence electrons. The normalized spacial score (nSPS) is 5.50. The van der Waals surface area contributed by atoms with Gasteiger partial charge in [-0.15, -0.1) is 0 Å². The Morgan fingerprint density at radius 3 is 0.750 bits per heavy atom. The molecule has 0 saturated heterocycles. The maximum Gasteiger partial charge on any atom is 4.00 e. The molecule has 0 heterocycles. The third-order valence-electron chi connectivity index (χ3n) is 1.50. The summed E-state index contributed by atoms with van der Waals surface area (Å²) in [7, 11) is 0.137. The molecule has 0 aliphatic heterocycles. The van der Waals surface area contributed by atoms with Gasteiger partial charge >= 0.3 is 19.5 Å². The number of rotatable bonds is 3. The van der Waals surface area contributed by atoms with Crippen LogP contribution in [0.3, 0.4) is 0 Å². The van der Waals surface area contributed by atoms with Gasteiger partial charge < -0.3 is 19.2 Å². The van der Waals surface area contributed by atoms with E-state index in [4.69, 9.17) is 19.2 Å². The molecular weight excluding hydrogens is 316 g/mol. The van der Waals surface area contributed by atoms with Crippen LogP contribution in [-0.2, 0) is 38.7 Å². The van der Waals surface area contributed by atoms with Crippen LogP contribution >= 0.6 is 7.92 Å². The zero-order valence-electron chi connectivity index (χ0n) is 9.92. The van der Waals surface area contributed by atoms with Crippen LogP contribution in [0.2, 0.25) is 0 Å². The molecule has 0 unspecified atom stereocenters. The Labute approximate surface area is 113 Å². The monoisotopic (exact) mass is 337 g/mol. The van der Waals surface area contributed by atoms with Crippen molar-refractivity contribution >= 4 is 35.1 Å². The SMILES string of the molecule is CC[PH+](CC)CC.[CH-]=O.[CH-]=O.[CH-]=O.[CH-]=O.[Ru+4]. The van der Waals surface area contributed by atoms with Gasteiger partial charge in [0.05, 0.1) is 18.5 Å². The Kier molecular flexibility index (Phi) is 190. The third-order valence-corrected chi connectivity index (χ3v) is 4.50. The molecule has 6 heteroatoms. The molecule has 0 bridgehead atoms. The van der Waals surface area contributed by atoms with Crippen LogP contribution in [0, 0.1) is 0 Å². The zero-order chi connectivity index (χ0) is 13.7. The van der Waals surface area contributed by atoms with Crippen LogP contribution in [0.4, 0.5) is 0 Å². The fraction of sp³-hybridized carbons (Fsp3) is 0.600. The van der Waals surface area contributed by atoms with Crippen LogP contribution in [0.15, 0.2) is 0 Å². The molecule has 0 saturated carbocycles. The van der Waals surface area contributed by atoms with Gasteiger partial charge in [0.25, 0.3) is 0 Å². The van der Waals surface area contributed by atoms with Crippen LogP contribution in [0.25, 0.3) is 0 Å². The van der Waals surface area contributed by atoms with Crippen LogP contribution in [0.5, 0.6) is 0 Å². The average molecular weight is 336 g/mol. The molecule has 0 atom stereocenters. The van der Waals surface area contributed by atoms with Gasteiger partial charge in [0.15, 0.2) is 0 Å². The first kappa shape index (κ1) is 36.0. The van der Waals surface area contributed by atoms with Crippen molar-refractivity contribution in [1.82, 2.24) is 0 Å². The molecule has 0 rings (SSSR count). The Morgan fingerprint density at radius 2 is 0.750 bits per heavy atom. The molecule has 0 fully saturated rings. The molecule has 0 radical (unpaired) electrons. The fourth-order valence-corrected chi connectivity index (χ4v) is 2.25. The molecule has 0 aliphatic carbocycles. The Hall–Kier alpha value is -0.267. The van der Waals surface area contributed by atoms with Gasteiger partial charge in [-0.1, -0.05) is 0 Å². The van der Waals surface area contributed by atoms with Crippen LogP contribution in [-0.4, -0.2) is 45.6 Å². The van der Waals surface area contributed by atoms with Crippen molar-refractivity contribution < 1.29 is 38.7 Å². The molecule has 0 aromatic heterocycles. The molecule has 0 amide bonds. The predicted octanol–water partition coefficient (Wildman–Crippen LogP) is 1.16. The van der Waals surface area contributed by atoms with E-state index in [1.165, 1.54) is 18.5 Å². The van der Waals surface area contributed by atoms with E-state index >= 15 is 0 Å². The van der Waals surface area contributed by atoms with Crippen molar-refractivity contribution in [2.24, 2.45) is 0 Å². The van der Waals surface area contributed by atoms with Crippen molar-refractivity contribution in [3.8, 4) is 0 Å². The summed E-state index contributed by atoms with van der Waals surface area (Å²) in [6, 6.07) is 0. The van der Waals surface area contributed by atoms with Gasteiger partial charge in [0.2, 0.25) is 0 Å². The van der Waals surface area contributed by atoms with Crippen LogP contribution < -0.4 is 0 Å². The Morgan fingerprint density at radius 1 is 0.625 bits per heavy atom. The van der Waals surface area contributed by atoms with Gasteiger partial charge in [-0.05, 0) is 28.7 Å². The first-order valence-electron chi connectivity index (χ1n) is 4.12. The van der Waals surface area contributed by atoms with E-state index in [2.05, 4.69) is 47.9 Å². The summed E-state index contributed by atoms with van der Waals surface area (Å²) in [6.45, 7) is 19.9. The van der Waals surface area contributed by atoms with Crippen molar-refractivity contribution in [2.45, 2.75) is 20.8 Å². The summed E-state index contributed by atoms with van der Waals surface area (Å²) < 4.78 is 0. The largest absolute Gasteiger partial charge is 4.00 e. The van der Waals surface area contributed by atoms with Gasteiger partial charge in [-0.3, -0.25) is 27.2 Å². The van der Waals surface area contributed by atoms with E-state index in [1.54, 1.807) is 0 Å². The second kappa shape index (κ2) is 84.5. The van der Waals surface area contributed by atoms with Gasteiger partial charge in [-0.2, -0.15) is 0 Å². The molecule has 0 aromatic rings. The van der Waals surface area contributed by atoms with Crippen molar-refractivity contribution in [2.75, 3.05) is 18.5 Å². The average Bonchev–Trinajstić information content (AvgIpc) is 2.41. The standard InChI is InChI=1S/C6H15P.4CHO.Ru/c1-4-7(5-2)6-3;4*1-2;/h4-6H2,1-3H3;4*1H;/q;4*-1;+4/p+1. The minimum Gasteiger partial charge on any atom is -0.545 e. The molecule has 4 nitrogen and oxygen atoms in total. The van der Waals surface area contributed by atoms with Crippen molar-refractivity contribution in [3.05, 3.63) is 0 Å². The quantitative estimate of drug-likeness (QED) is 0.336. The molecule has 16 heavy (non-hydrogen) atoms. The van der Waals surface area contributed by atoms with E-state index < -0.39 is 0 Å².